The van der Waals surface area contributed by atoms with Gasteiger partial charge in [-0.25, -0.2) is 0 Å². The van der Waals surface area contributed by atoms with Crippen LogP contribution in [0, 0.1) is 0 Å². The number of rotatable bonds is 4. The predicted molar refractivity (Wildman–Crippen MR) is 86.1 cm³/mol. The number of phenols is 1. The van der Waals surface area contributed by atoms with Crippen molar-refractivity contribution in [2.45, 2.75) is 12.2 Å². The molecular formula is C15H17O2PS. The summed E-state index contributed by atoms with van der Waals surface area (Å²) < 4.78 is 5.14. The van der Waals surface area contributed by atoms with Crippen LogP contribution in [0.1, 0.15) is 17.7 Å². The summed E-state index contributed by atoms with van der Waals surface area (Å²) in [5, 5.41) is 12.4. The van der Waals surface area contributed by atoms with Crippen LogP contribution in [0.5, 0.6) is 11.5 Å². The molecule has 0 saturated heterocycles. The highest BCUT2D eigenvalue weighted by Crippen LogP contribution is 2.30. The molecule has 100 valence electrons. The van der Waals surface area contributed by atoms with E-state index in [-0.39, 0.29) is 11.0 Å². The fourth-order valence-corrected chi connectivity index (χ4v) is 3.59. The maximum atomic E-state index is 10.1. The second-order valence-corrected chi connectivity index (χ2v) is 6.35. The van der Waals surface area contributed by atoms with E-state index < -0.39 is 0 Å². The van der Waals surface area contributed by atoms with Gasteiger partial charge in [0, 0.05) is 10.6 Å². The molecule has 1 N–H and O–H groups in total. The Bertz CT molecular complexity index is 570. The number of phenolic OH excluding ortho intramolecular Hbond substituents is 1. The molecule has 0 spiro atoms. The van der Waals surface area contributed by atoms with Crippen LogP contribution in [-0.4, -0.2) is 12.2 Å². The van der Waals surface area contributed by atoms with Crippen molar-refractivity contribution in [3.05, 3.63) is 48.0 Å². The van der Waals surface area contributed by atoms with Crippen molar-refractivity contribution in [3.63, 3.8) is 0 Å². The molecule has 2 aromatic carbocycles. The summed E-state index contributed by atoms with van der Waals surface area (Å²) in [5.41, 5.74) is 1.20. The van der Waals surface area contributed by atoms with Gasteiger partial charge in [0.2, 0.25) is 0 Å². The Hall–Kier alpha value is -1.18. The number of benzene rings is 2. The van der Waals surface area contributed by atoms with Crippen molar-refractivity contribution < 1.29 is 9.84 Å². The fourth-order valence-electron chi connectivity index (χ4n) is 1.91. The lowest BCUT2D eigenvalue weighted by atomic mass is 10.2. The average Bonchev–Trinajstić information content (AvgIpc) is 2.41. The van der Waals surface area contributed by atoms with E-state index in [0.717, 1.165) is 5.30 Å². The molecule has 19 heavy (non-hydrogen) atoms. The molecule has 2 unspecified atom stereocenters. The molecule has 0 amide bonds. The van der Waals surface area contributed by atoms with Crippen LogP contribution in [-0.2, 0) is 0 Å². The lowest BCUT2D eigenvalue weighted by molar-refractivity contribution is 0.375. The smallest absolute Gasteiger partial charge is 0.165 e. The number of hydrogen-bond acceptors (Lipinski definition) is 3. The van der Waals surface area contributed by atoms with Crippen LogP contribution in [0.2, 0.25) is 0 Å². The quantitative estimate of drug-likeness (QED) is 0.670. The largest absolute Gasteiger partial charge is 0.504 e. The van der Waals surface area contributed by atoms with Crippen LogP contribution in [0.4, 0.5) is 0 Å². The summed E-state index contributed by atoms with van der Waals surface area (Å²) in [5.74, 6) is 0.742. The SMILES string of the molecule is COc1cccc(Pc2ccccc2C(C)S)c1O. The van der Waals surface area contributed by atoms with Crippen LogP contribution < -0.4 is 15.3 Å². The Labute approximate surface area is 121 Å². The van der Waals surface area contributed by atoms with Crippen molar-refractivity contribution in [2.24, 2.45) is 0 Å². The maximum absolute atomic E-state index is 10.1. The first kappa shape index (κ1) is 14.2. The second-order valence-electron chi connectivity index (χ2n) is 4.24. The summed E-state index contributed by atoms with van der Waals surface area (Å²) in [6, 6.07) is 13.8. The number of aromatic hydroxyl groups is 1. The average molecular weight is 292 g/mol. The van der Waals surface area contributed by atoms with E-state index in [9.17, 15) is 5.11 Å². The molecule has 2 atom stereocenters. The highest BCUT2D eigenvalue weighted by molar-refractivity contribution is 7.80. The van der Waals surface area contributed by atoms with Gasteiger partial charge in [0.15, 0.2) is 11.5 Å². The molecule has 0 radical (unpaired) electrons. The lowest BCUT2D eigenvalue weighted by Gasteiger charge is -2.13. The fraction of sp³-hybridized carbons (Fsp3) is 0.200. The van der Waals surface area contributed by atoms with Gasteiger partial charge in [-0.2, -0.15) is 12.6 Å². The molecular weight excluding hydrogens is 275 g/mol. The van der Waals surface area contributed by atoms with Gasteiger partial charge in [0.05, 0.1) is 7.11 Å². The number of ether oxygens (including phenoxy) is 1. The summed E-state index contributed by atoms with van der Waals surface area (Å²) in [7, 11) is 1.95. The van der Waals surface area contributed by atoms with Gasteiger partial charge >= 0.3 is 0 Å². The molecule has 2 aromatic rings. The molecule has 0 saturated carbocycles. The van der Waals surface area contributed by atoms with Crippen LogP contribution in [0.15, 0.2) is 42.5 Å². The van der Waals surface area contributed by atoms with Crippen molar-refractivity contribution >= 4 is 31.8 Å². The third-order valence-corrected chi connectivity index (χ3v) is 4.57. The third kappa shape index (κ3) is 3.23. The first-order valence-corrected chi connectivity index (χ1v) is 7.55. The number of thiol groups is 1. The molecule has 0 aromatic heterocycles. The Morgan fingerprint density at radius 1 is 1.11 bits per heavy atom. The van der Waals surface area contributed by atoms with Crippen LogP contribution >= 0.6 is 21.2 Å². The van der Waals surface area contributed by atoms with E-state index in [2.05, 4.69) is 31.7 Å². The van der Waals surface area contributed by atoms with Gasteiger partial charge in [-0.05, 0) is 23.9 Å². The van der Waals surface area contributed by atoms with E-state index in [1.807, 2.05) is 24.3 Å². The minimum Gasteiger partial charge on any atom is -0.504 e. The van der Waals surface area contributed by atoms with Gasteiger partial charge in [-0.15, -0.1) is 0 Å². The van der Waals surface area contributed by atoms with Gasteiger partial charge in [-0.3, -0.25) is 0 Å². The Balaban J connectivity index is 2.37. The monoisotopic (exact) mass is 292 g/mol. The van der Waals surface area contributed by atoms with Gasteiger partial charge < -0.3 is 9.84 Å². The lowest BCUT2D eigenvalue weighted by Crippen LogP contribution is -2.10. The molecule has 0 aliphatic rings. The summed E-state index contributed by atoms with van der Waals surface area (Å²) >= 11 is 4.51. The number of hydrogen-bond donors (Lipinski definition) is 2. The second kappa shape index (κ2) is 6.31. The zero-order chi connectivity index (χ0) is 13.8. The number of para-hydroxylation sites is 1. The van der Waals surface area contributed by atoms with Crippen molar-refractivity contribution in [1.29, 1.82) is 0 Å². The Morgan fingerprint density at radius 2 is 1.79 bits per heavy atom. The normalized spacial score (nSPS) is 12.8. The Morgan fingerprint density at radius 3 is 2.47 bits per heavy atom. The molecule has 2 rings (SSSR count). The van der Waals surface area contributed by atoms with E-state index in [1.165, 1.54) is 10.9 Å². The first-order chi connectivity index (χ1) is 9.13. The number of methoxy groups -OCH3 is 1. The molecule has 0 fully saturated rings. The zero-order valence-electron chi connectivity index (χ0n) is 10.9. The summed E-state index contributed by atoms with van der Waals surface area (Å²) in [6.07, 6.45) is 0. The van der Waals surface area contributed by atoms with Crippen molar-refractivity contribution in [3.8, 4) is 11.5 Å². The van der Waals surface area contributed by atoms with E-state index in [4.69, 9.17) is 4.74 Å². The van der Waals surface area contributed by atoms with Gasteiger partial charge in [0.1, 0.15) is 0 Å². The topological polar surface area (TPSA) is 29.5 Å². The highest BCUT2D eigenvalue weighted by atomic mass is 32.1. The molecule has 0 bridgehead atoms. The molecule has 0 heterocycles. The Kier molecular flexibility index (Phi) is 4.73. The zero-order valence-corrected chi connectivity index (χ0v) is 12.8. The van der Waals surface area contributed by atoms with Gasteiger partial charge in [-0.1, -0.05) is 45.0 Å². The predicted octanol–water partition coefficient (Wildman–Crippen LogP) is 3.02. The first-order valence-electron chi connectivity index (χ1n) is 6.03. The van der Waals surface area contributed by atoms with E-state index in [1.54, 1.807) is 13.2 Å². The van der Waals surface area contributed by atoms with Crippen LogP contribution in [0.25, 0.3) is 0 Å². The van der Waals surface area contributed by atoms with Crippen molar-refractivity contribution in [1.82, 2.24) is 0 Å². The molecule has 0 aliphatic carbocycles. The highest BCUT2D eigenvalue weighted by Gasteiger charge is 2.11. The third-order valence-electron chi connectivity index (χ3n) is 2.90. The summed E-state index contributed by atoms with van der Waals surface area (Å²) in [4.78, 5) is 0. The minimum absolute atomic E-state index is 0.177. The van der Waals surface area contributed by atoms with E-state index >= 15 is 0 Å². The van der Waals surface area contributed by atoms with Crippen LogP contribution in [0.3, 0.4) is 0 Å². The maximum Gasteiger partial charge on any atom is 0.165 e. The van der Waals surface area contributed by atoms with E-state index in [0.29, 0.717) is 14.3 Å². The minimum atomic E-state index is 0.177. The molecule has 0 aliphatic heterocycles. The molecule has 4 heteroatoms. The van der Waals surface area contributed by atoms with Gasteiger partial charge in [0.25, 0.3) is 0 Å². The summed E-state index contributed by atoms with van der Waals surface area (Å²) in [6.45, 7) is 2.05. The standard InChI is InChI=1S/C15H17O2PS/c1-10(19)11-6-3-4-8-13(11)18-14-9-5-7-12(17-2)15(14)16/h3-10,16,18-19H,1-2H3. The van der Waals surface area contributed by atoms with Crippen molar-refractivity contribution in [2.75, 3.05) is 7.11 Å². The molecule has 2 nitrogen and oxygen atoms in total.